The second-order valence-corrected chi connectivity index (χ2v) is 9.98. The number of phosphoric acid groups is 2. The van der Waals surface area contributed by atoms with Crippen LogP contribution in [0.1, 0.15) is 13.3 Å². The van der Waals surface area contributed by atoms with Crippen molar-refractivity contribution in [3.8, 4) is 0 Å². The molecule has 0 bridgehead atoms. The van der Waals surface area contributed by atoms with Gasteiger partial charge in [0.25, 0.3) is 0 Å². The van der Waals surface area contributed by atoms with Crippen LogP contribution < -0.4 is 0 Å². The monoisotopic (exact) mass is 388 g/mol. The van der Waals surface area contributed by atoms with Crippen LogP contribution in [0.5, 0.6) is 0 Å². The Balaban J connectivity index is 2.56. The summed E-state index contributed by atoms with van der Waals surface area (Å²) < 4.78 is 39.4. The Morgan fingerprint density at radius 3 is 2.24 bits per heavy atom. The number of ether oxygens (including phenoxy) is 1. The highest BCUT2D eigenvalue weighted by molar-refractivity contribution is 8.09. The number of aliphatic hydroxyl groups is 1. The molecule has 1 saturated heterocycles. The fourth-order valence-electron chi connectivity index (χ4n) is 1.56. The van der Waals surface area contributed by atoms with Crippen molar-refractivity contribution >= 4 is 34.2 Å². The quantitative estimate of drug-likeness (QED) is 0.370. The molecule has 5 N–H and O–H groups in total. The van der Waals surface area contributed by atoms with E-state index in [-0.39, 0.29) is 6.10 Å². The molecule has 0 amide bonds. The molecule has 1 aliphatic heterocycles. The minimum atomic E-state index is -5.21. The minimum absolute atomic E-state index is 0.269. The average Bonchev–Trinajstić information content (AvgIpc) is 2.48. The Hall–Kier alpha value is 0.750. The van der Waals surface area contributed by atoms with Crippen LogP contribution in [0.25, 0.3) is 0 Å². The largest absolute Gasteiger partial charge is 0.479 e. The Labute approximate surface area is 124 Å². The molecule has 11 nitrogen and oxygen atoms in total. The molecule has 126 valence electrons. The lowest BCUT2D eigenvalue weighted by Gasteiger charge is -2.20. The van der Waals surface area contributed by atoms with Crippen molar-refractivity contribution in [1.29, 1.82) is 0 Å². The molecule has 3 unspecified atom stereocenters. The zero-order valence-electron chi connectivity index (χ0n) is 10.6. The number of rotatable bonds is 7. The first-order valence-electron chi connectivity index (χ1n) is 5.41. The molecule has 0 saturated carbocycles. The van der Waals surface area contributed by atoms with E-state index in [0.717, 1.165) is 0 Å². The molecule has 0 aromatic rings. The van der Waals surface area contributed by atoms with Crippen molar-refractivity contribution in [2.45, 2.75) is 31.7 Å². The van der Waals surface area contributed by atoms with Crippen molar-refractivity contribution in [2.24, 2.45) is 0 Å². The Bertz CT molecular complexity index is 504. The van der Waals surface area contributed by atoms with E-state index in [1.807, 2.05) is 0 Å². The summed E-state index contributed by atoms with van der Waals surface area (Å²) in [6, 6.07) is 0. The fourth-order valence-corrected chi connectivity index (χ4v) is 6.13. The van der Waals surface area contributed by atoms with E-state index in [9.17, 15) is 24.0 Å². The van der Waals surface area contributed by atoms with E-state index in [4.69, 9.17) is 14.5 Å². The van der Waals surface area contributed by atoms with Crippen LogP contribution in [-0.2, 0) is 38.8 Å². The summed E-state index contributed by atoms with van der Waals surface area (Å²) in [4.78, 5) is 35.5. The highest BCUT2D eigenvalue weighted by atomic mass is 32.5. The maximum absolute atomic E-state index is 11.5. The lowest BCUT2D eigenvalue weighted by molar-refractivity contribution is -0.0164. The van der Waals surface area contributed by atoms with Crippen molar-refractivity contribution in [2.75, 3.05) is 6.61 Å². The summed E-state index contributed by atoms with van der Waals surface area (Å²) in [6.07, 6.45) is -1.76. The molecular weight excluding hydrogens is 373 g/mol. The van der Waals surface area contributed by atoms with Crippen molar-refractivity contribution in [1.82, 2.24) is 0 Å². The molecule has 0 aromatic heterocycles. The van der Waals surface area contributed by atoms with Crippen LogP contribution in [0.2, 0.25) is 0 Å². The van der Waals surface area contributed by atoms with Gasteiger partial charge in [0.15, 0.2) is 0 Å². The molecule has 5 atom stereocenters. The van der Waals surface area contributed by atoms with E-state index in [0.29, 0.717) is 6.42 Å². The van der Waals surface area contributed by atoms with Gasteiger partial charge in [-0.2, -0.15) is 0 Å². The maximum atomic E-state index is 11.5. The molecule has 0 aliphatic carbocycles. The highest BCUT2D eigenvalue weighted by Gasteiger charge is 2.39. The van der Waals surface area contributed by atoms with Gasteiger partial charge in [-0.05, 0) is 18.7 Å². The second kappa shape index (κ2) is 7.11. The molecule has 15 heteroatoms. The predicted octanol–water partition coefficient (Wildman–Crippen LogP) is -0.0156. The molecule has 1 rings (SSSR count). The Morgan fingerprint density at radius 2 is 1.81 bits per heavy atom. The van der Waals surface area contributed by atoms with Gasteiger partial charge < -0.3 is 29.4 Å². The van der Waals surface area contributed by atoms with Crippen LogP contribution in [0.15, 0.2) is 0 Å². The first-order chi connectivity index (χ1) is 9.30. The molecule has 1 aliphatic rings. The van der Waals surface area contributed by atoms with Gasteiger partial charge in [-0.1, -0.05) is 0 Å². The Kier molecular flexibility index (Phi) is 6.70. The zero-order chi connectivity index (χ0) is 16.5. The summed E-state index contributed by atoms with van der Waals surface area (Å²) in [6.45, 7) is -3.57. The third kappa shape index (κ3) is 7.71. The molecule has 1 fully saturated rings. The summed E-state index contributed by atoms with van der Waals surface area (Å²) in [5.41, 5.74) is 0. The minimum Gasteiger partial charge on any atom is -0.390 e. The lowest BCUT2D eigenvalue weighted by atomic mass is 10.1. The maximum Gasteiger partial charge on any atom is 0.479 e. The summed E-state index contributed by atoms with van der Waals surface area (Å²) in [7, 11) is -10.2. The number of hydrogen-bond donors (Lipinski definition) is 5. The topological polar surface area (TPSA) is 172 Å². The van der Waals surface area contributed by atoms with Crippen LogP contribution in [0.4, 0.5) is 0 Å². The second-order valence-electron chi connectivity index (χ2n) is 4.17. The third-order valence-corrected chi connectivity index (χ3v) is 7.23. The molecular formula is C6H15O11P3S. The van der Waals surface area contributed by atoms with Crippen LogP contribution in [0, 0.1) is 0 Å². The summed E-state index contributed by atoms with van der Waals surface area (Å²) in [5.74, 6) is 0. The molecule has 0 spiro atoms. The molecule has 0 radical (unpaired) electrons. The summed E-state index contributed by atoms with van der Waals surface area (Å²) >= 11 is 4.17. The van der Waals surface area contributed by atoms with Gasteiger partial charge in [-0.3, -0.25) is 4.52 Å². The smallest absolute Gasteiger partial charge is 0.390 e. The first kappa shape index (κ1) is 19.8. The van der Waals surface area contributed by atoms with E-state index in [1.165, 1.54) is 0 Å². The summed E-state index contributed by atoms with van der Waals surface area (Å²) in [5, 5.41) is 9.53. The van der Waals surface area contributed by atoms with E-state index in [1.54, 1.807) is 6.92 Å². The molecule has 0 aromatic carbocycles. The van der Waals surface area contributed by atoms with E-state index >= 15 is 0 Å². The van der Waals surface area contributed by atoms with Gasteiger partial charge in [0.2, 0.25) is 0 Å². The fraction of sp³-hybridized carbons (Fsp3) is 1.00. The van der Waals surface area contributed by atoms with Crippen molar-refractivity contribution < 1.29 is 51.7 Å². The van der Waals surface area contributed by atoms with E-state index < -0.39 is 41.2 Å². The van der Waals surface area contributed by atoms with Gasteiger partial charge in [0, 0.05) is 6.42 Å². The lowest BCUT2D eigenvalue weighted by Crippen LogP contribution is -2.26. The normalized spacial score (nSPS) is 32.6. The molecule has 21 heavy (non-hydrogen) atoms. The third-order valence-electron chi connectivity index (χ3n) is 2.23. The number of aliphatic hydroxyl groups excluding tert-OH is 1. The number of phosphoric ester groups is 1. The van der Waals surface area contributed by atoms with Crippen LogP contribution >= 0.6 is 22.4 Å². The van der Waals surface area contributed by atoms with Gasteiger partial charge >= 0.3 is 22.4 Å². The van der Waals surface area contributed by atoms with Crippen LogP contribution in [-0.4, -0.2) is 49.6 Å². The molecule has 1 heterocycles. The standard InChI is InChI=1S/C6H15O11P3S/c1-4-2-5(7)6(15-4)3-14-19(11,12)17-20(13,21)16-18(8,9)10/h4-7H,2-3H2,1H3,(H,11,12)(H,13,21)(H2,8,9,10)/t4-,5?,6+,20?/m0/s1. The van der Waals surface area contributed by atoms with Gasteiger partial charge in [0.1, 0.15) is 6.10 Å². The van der Waals surface area contributed by atoms with Crippen molar-refractivity contribution in [3.05, 3.63) is 0 Å². The van der Waals surface area contributed by atoms with Crippen LogP contribution in [0.3, 0.4) is 0 Å². The number of hydrogen-bond acceptors (Lipinski definition) is 8. The SMILES string of the molecule is C[C@H]1CC(O)[C@@H](COP(=O)(O)OP(O)(=S)OP(=O)(O)O)O1. The van der Waals surface area contributed by atoms with E-state index in [2.05, 4.69) is 25.0 Å². The van der Waals surface area contributed by atoms with Gasteiger partial charge in [0.05, 0.1) is 18.8 Å². The first-order valence-corrected chi connectivity index (χ1v) is 11.0. The van der Waals surface area contributed by atoms with Crippen molar-refractivity contribution in [3.63, 3.8) is 0 Å². The highest BCUT2D eigenvalue weighted by Crippen LogP contribution is 2.66. The van der Waals surface area contributed by atoms with Gasteiger partial charge in [-0.25, -0.2) is 17.8 Å². The zero-order valence-corrected chi connectivity index (χ0v) is 14.1. The Morgan fingerprint density at radius 1 is 1.24 bits per heavy atom. The average molecular weight is 388 g/mol. The predicted molar refractivity (Wildman–Crippen MR) is 71.5 cm³/mol. The van der Waals surface area contributed by atoms with Gasteiger partial charge in [-0.15, -0.1) is 0 Å².